The van der Waals surface area contributed by atoms with Crippen LogP contribution >= 0.6 is 0 Å². The molecular formula is C10H13NO3. The van der Waals surface area contributed by atoms with E-state index < -0.39 is 0 Å². The third-order valence-corrected chi connectivity index (χ3v) is 1.73. The summed E-state index contributed by atoms with van der Waals surface area (Å²) in [5.74, 6) is 0.261. The van der Waals surface area contributed by atoms with E-state index in [-0.39, 0.29) is 12.6 Å². The average Bonchev–Trinajstić information content (AvgIpc) is 2.26. The van der Waals surface area contributed by atoms with Crippen LogP contribution in [0.25, 0.3) is 0 Å². The lowest BCUT2D eigenvalue weighted by atomic mass is 10.3. The Hall–Kier alpha value is -1.71. The van der Waals surface area contributed by atoms with Crippen LogP contribution in [-0.4, -0.2) is 26.7 Å². The van der Waals surface area contributed by atoms with E-state index in [0.717, 1.165) is 5.69 Å². The molecule has 1 N–H and O–H groups in total. The number of rotatable bonds is 4. The van der Waals surface area contributed by atoms with Crippen LogP contribution in [0.5, 0.6) is 5.75 Å². The van der Waals surface area contributed by atoms with Crippen LogP contribution in [0.15, 0.2) is 24.3 Å². The van der Waals surface area contributed by atoms with Gasteiger partial charge in [0.25, 0.3) is 0 Å². The molecule has 76 valence electrons. The van der Waals surface area contributed by atoms with Crippen molar-refractivity contribution in [1.82, 2.24) is 0 Å². The maximum atomic E-state index is 10.7. The number of carbonyl (C=O) groups excluding carboxylic acids is 1. The van der Waals surface area contributed by atoms with E-state index in [0.29, 0.717) is 5.75 Å². The number of nitrogens with one attached hydrogen (secondary N) is 1. The first kappa shape index (κ1) is 10.4. The maximum Gasteiger partial charge on any atom is 0.343 e. The highest BCUT2D eigenvalue weighted by atomic mass is 16.6. The Morgan fingerprint density at radius 2 is 2.00 bits per heavy atom. The molecule has 0 atom stereocenters. The summed E-state index contributed by atoms with van der Waals surface area (Å²) < 4.78 is 9.60. The maximum absolute atomic E-state index is 10.7. The minimum atomic E-state index is -0.386. The number of anilines is 1. The van der Waals surface area contributed by atoms with Gasteiger partial charge in [0.2, 0.25) is 0 Å². The van der Waals surface area contributed by atoms with Crippen molar-refractivity contribution in [3.05, 3.63) is 24.3 Å². The number of hydrogen-bond donors (Lipinski definition) is 1. The van der Waals surface area contributed by atoms with Gasteiger partial charge in [-0.1, -0.05) is 0 Å². The SMILES string of the molecule is CNc1ccc(OCC(=O)OC)cc1. The average molecular weight is 195 g/mol. The van der Waals surface area contributed by atoms with E-state index in [4.69, 9.17) is 4.74 Å². The van der Waals surface area contributed by atoms with Crippen LogP contribution in [0.3, 0.4) is 0 Å². The number of hydrogen-bond acceptors (Lipinski definition) is 4. The van der Waals surface area contributed by atoms with Gasteiger partial charge in [-0.2, -0.15) is 0 Å². The Morgan fingerprint density at radius 1 is 1.36 bits per heavy atom. The summed E-state index contributed by atoms with van der Waals surface area (Å²) in [6.07, 6.45) is 0. The minimum absolute atomic E-state index is 0.0601. The molecule has 4 heteroatoms. The van der Waals surface area contributed by atoms with Gasteiger partial charge in [0, 0.05) is 12.7 Å². The first-order chi connectivity index (χ1) is 6.76. The molecule has 0 aliphatic rings. The molecule has 4 nitrogen and oxygen atoms in total. The van der Waals surface area contributed by atoms with Crippen LogP contribution in [-0.2, 0) is 9.53 Å². The third kappa shape index (κ3) is 2.97. The molecule has 0 saturated heterocycles. The topological polar surface area (TPSA) is 47.6 Å². The third-order valence-electron chi connectivity index (χ3n) is 1.73. The highest BCUT2D eigenvalue weighted by molar-refractivity contribution is 5.70. The quantitative estimate of drug-likeness (QED) is 0.735. The van der Waals surface area contributed by atoms with E-state index in [9.17, 15) is 4.79 Å². The van der Waals surface area contributed by atoms with E-state index in [1.807, 2.05) is 19.2 Å². The van der Waals surface area contributed by atoms with Crippen molar-refractivity contribution in [1.29, 1.82) is 0 Å². The zero-order valence-corrected chi connectivity index (χ0v) is 8.24. The highest BCUT2D eigenvalue weighted by Crippen LogP contribution is 2.14. The van der Waals surface area contributed by atoms with Gasteiger partial charge in [-0.3, -0.25) is 0 Å². The summed E-state index contributed by atoms with van der Waals surface area (Å²) in [6, 6.07) is 7.31. The Balaban J connectivity index is 2.47. The smallest absolute Gasteiger partial charge is 0.343 e. The van der Waals surface area contributed by atoms with Crippen molar-refractivity contribution in [2.45, 2.75) is 0 Å². The summed E-state index contributed by atoms with van der Waals surface area (Å²) in [5, 5.41) is 2.98. The van der Waals surface area contributed by atoms with Crippen molar-refractivity contribution in [3.8, 4) is 5.75 Å². The van der Waals surface area contributed by atoms with E-state index in [2.05, 4.69) is 10.1 Å². The molecule has 0 unspecified atom stereocenters. The normalized spacial score (nSPS) is 9.29. The Kier molecular flexibility index (Phi) is 3.79. The van der Waals surface area contributed by atoms with Gasteiger partial charge in [-0.25, -0.2) is 4.79 Å². The summed E-state index contributed by atoms with van der Waals surface area (Å²) in [5.41, 5.74) is 0.996. The largest absolute Gasteiger partial charge is 0.482 e. The second-order valence-corrected chi connectivity index (χ2v) is 2.64. The van der Waals surface area contributed by atoms with Crippen LogP contribution in [0, 0.1) is 0 Å². The molecule has 0 amide bonds. The van der Waals surface area contributed by atoms with Crippen LogP contribution in [0.2, 0.25) is 0 Å². The molecule has 0 saturated carbocycles. The van der Waals surface area contributed by atoms with Crippen molar-refractivity contribution >= 4 is 11.7 Å². The van der Waals surface area contributed by atoms with Crippen LogP contribution in [0.4, 0.5) is 5.69 Å². The fourth-order valence-corrected chi connectivity index (χ4v) is 0.919. The Bertz CT molecular complexity index is 295. The zero-order valence-electron chi connectivity index (χ0n) is 8.24. The van der Waals surface area contributed by atoms with Crippen molar-refractivity contribution in [3.63, 3.8) is 0 Å². The van der Waals surface area contributed by atoms with E-state index >= 15 is 0 Å². The number of benzene rings is 1. The zero-order chi connectivity index (χ0) is 10.4. The monoisotopic (exact) mass is 195 g/mol. The van der Waals surface area contributed by atoms with Gasteiger partial charge in [-0.15, -0.1) is 0 Å². The summed E-state index contributed by atoms with van der Waals surface area (Å²) in [7, 11) is 3.17. The Morgan fingerprint density at radius 3 is 2.50 bits per heavy atom. The molecule has 0 aliphatic heterocycles. The fourth-order valence-electron chi connectivity index (χ4n) is 0.919. The molecule has 1 aromatic rings. The predicted octanol–water partition coefficient (Wildman–Crippen LogP) is 1.28. The fraction of sp³-hybridized carbons (Fsp3) is 0.300. The number of esters is 1. The van der Waals surface area contributed by atoms with Gasteiger partial charge in [0.1, 0.15) is 5.75 Å². The molecule has 1 rings (SSSR count). The second-order valence-electron chi connectivity index (χ2n) is 2.64. The lowest BCUT2D eigenvalue weighted by Gasteiger charge is -2.05. The van der Waals surface area contributed by atoms with Gasteiger partial charge in [-0.05, 0) is 24.3 Å². The van der Waals surface area contributed by atoms with E-state index in [1.165, 1.54) is 7.11 Å². The number of methoxy groups -OCH3 is 1. The first-order valence-corrected chi connectivity index (χ1v) is 4.23. The van der Waals surface area contributed by atoms with Crippen molar-refractivity contribution in [2.75, 3.05) is 26.1 Å². The van der Waals surface area contributed by atoms with Gasteiger partial charge in [0.15, 0.2) is 6.61 Å². The molecule has 0 fully saturated rings. The lowest BCUT2D eigenvalue weighted by Crippen LogP contribution is -2.12. The highest BCUT2D eigenvalue weighted by Gasteiger charge is 2.00. The van der Waals surface area contributed by atoms with Gasteiger partial charge >= 0.3 is 5.97 Å². The molecule has 14 heavy (non-hydrogen) atoms. The number of carbonyl (C=O) groups is 1. The van der Waals surface area contributed by atoms with Gasteiger partial charge in [0.05, 0.1) is 7.11 Å². The first-order valence-electron chi connectivity index (χ1n) is 4.23. The Labute approximate surface area is 82.8 Å². The van der Waals surface area contributed by atoms with Crippen molar-refractivity contribution in [2.24, 2.45) is 0 Å². The molecule has 0 radical (unpaired) electrons. The van der Waals surface area contributed by atoms with Crippen LogP contribution < -0.4 is 10.1 Å². The molecule has 0 heterocycles. The molecule has 1 aromatic carbocycles. The molecule has 0 bridgehead atoms. The molecule has 0 aliphatic carbocycles. The molecule has 0 aromatic heterocycles. The van der Waals surface area contributed by atoms with Crippen molar-refractivity contribution < 1.29 is 14.3 Å². The molecule has 0 spiro atoms. The predicted molar refractivity (Wildman–Crippen MR) is 53.5 cm³/mol. The second kappa shape index (κ2) is 5.11. The summed E-state index contributed by atoms with van der Waals surface area (Å²) in [6.45, 7) is -0.0601. The van der Waals surface area contributed by atoms with E-state index in [1.54, 1.807) is 12.1 Å². The summed E-state index contributed by atoms with van der Waals surface area (Å²) >= 11 is 0. The lowest BCUT2D eigenvalue weighted by molar-refractivity contribution is -0.142. The number of ether oxygens (including phenoxy) is 2. The van der Waals surface area contributed by atoms with Crippen LogP contribution in [0.1, 0.15) is 0 Å². The standard InChI is InChI=1S/C10H13NO3/c1-11-8-3-5-9(6-4-8)14-7-10(12)13-2/h3-6,11H,7H2,1-2H3. The molecular weight excluding hydrogens is 182 g/mol. The summed E-state index contributed by atoms with van der Waals surface area (Å²) in [4.78, 5) is 10.7. The minimum Gasteiger partial charge on any atom is -0.482 e. The van der Waals surface area contributed by atoms with Gasteiger partial charge < -0.3 is 14.8 Å².